The summed E-state index contributed by atoms with van der Waals surface area (Å²) < 4.78 is 5.25. The summed E-state index contributed by atoms with van der Waals surface area (Å²) in [7, 11) is 0. The number of carbonyl (C=O) groups is 1. The molecule has 0 saturated heterocycles. The summed E-state index contributed by atoms with van der Waals surface area (Å²) in [6.07, 6.45) is 4.73. The summed E-state index contributed by atoms with van der Waals surface area (Å²) in [6, 6.07) is 14.2. The maximum Gasteiger partial charge on any atom is 0.257 e. The van der Waals surface area contributed by atoms with E-state index in [9.17, 15) is 4.79 Å². The lowest BCUT2D eigenvalue weighted by Crippen LogP contribution is -2.13. The molecule has 0 saturated carbocycles. The molecular weight excluding hydrogens is 304 g/mol. The molecule has 2 heterocycles. The molecule has 2 aromatic heterocycles. The SMILES string of the molecule is N#Cc1cccc(NC(=O)c2cncc(NCc3ccco3)c2)c1. The van der Waals surface area contributed by atoms with Crippen molar-refractivity contribution in [3.63, 3.8) is 0 Å². The van der Waals surface area contributed by atoms with Crippen molar-refractivity contribution in [3.05, 3.63) is 78.0 Å². The van der Waals surface area contributed by atoms with Crippen LogP contribution in [0.3, 0.4) is 0 Å². The molecule has 118 valence electrons. The van der Waals surface area contributed by atoms with Crippen molar-refractivity contribution in [2.24, 2.45) is 0 Å². The third kappa shape index (κ3) is 3.78. The van der Waals surface area contributed by atoms with E-state index < -0.39 is 0 Å². The lowest BCUT2D eigenvalue weighted by molar-refractivity contribution is 0.102. The minimum Gasteiger partial charge on any atom is -0.467 e. The van der Waals surface area contributed by atoms with Crippen molar-refractivity contribution in [2.75, 3.05) is 10.6 Å². The fourth-order valence-corrected chi connectivity index (χ4v) is 2.13. The van der Waals surface area contributed by atoms with Gasteiger partial charge < -0.3 is 15.1 Å². The first kappa shape index (κ1) is 15.3. The largest absolute Gasteiger partial charge is 0.467 e. The number of pyridine rings is 1. The summed E-state index contributed by atoms with van der Waals surface area (Å²) in [4.78, 5) is 16.4. The average Bonchev–Trinajstić information content (AvgIpc) is 3.14. The van der Waals surface area contributed by atoms with E-state index in [2.05, 4.69) is 15.6 Å². The second kappa shape index (κ2) is 7.11. The topological polar surface area (TPSA) is 91.0 Å². The van der Waals surface area contributed by atoms with Crippen LogP contribution in [-0.4, -0.2) is 10.9 Å². The highest BCUT2D eigenvalue weighted by Crippen LogP contribution is 2.14. The van der Waals surface area contributed by atoms with E-state index in [1.54, 1.807) is 42.8 Å². The van der Waals surface area contributed by atoms with Crippen LogP contribution in [0.15, 0.2) is 65.5 Å². The molecule has 0 aliphatic rings. The first-order valence-electron chi connectivity index (χ1n) is 7.27. The van der Waals surface area contributed by atoms with Gasteiger partial charge in [0.15, 0.2) is 0 Å². The Morgan fingerprint density at radius 2 is 2.08 bits per heavy atom. The average molecular weight is 318 g/mol. The molecule has 3 aromatic rings. The summed E-state index contributed by atoms with van der Waals surface area (Å²) in [5, 5.41) is 14.8. The lowest BCUT2D eigenvalue weighted by atomic mass is 10.2. The Bertz CT molecular complexity index is 882. The quantitative estimate of drug-likeness (QED) is 0.752. The highest BCUT2D eigenvalue weighted by molar-refractivity contribution is 6.04. The fraction of sp³-hybridized carbons (Fsp3) is 0.0556. The lowest BCUT2D eigenvalue weighted by Gasteiger charge is -2.08. The van der Waals surface area contributed by atoms with Crippen molar-refractivity contribution in [3.8, 4) is 6.07 Å². The van der Waals surface area contributed by atoms with E-state index in [4.69, 9.17) is 9.68 Å². The van der Waals surface area contributed by atoms with Crippen molar-refractivity contribution in [1.82, 2.24) is 4.98 Å². The van der Waals surface area contributed by atoms with E-state index in [1.807, 2.05) is 18.2 Å². The summed E-state index contributed by atoms with van der Waals surface area (Å²) in [5.74, 6) is 0.498. The standard InChI is InChI=1S/C18H14N4O2/c19-9-13-3-1-4-15(7-13)22-18(23)14-8-16(11-20-10-14)21-12-17-5-2-6-24-17/h1-8,10-11,21H,12H2,(H,22,23). The van der Waals surface area contributed by atoms with E-state index in [0.717, 1.165) is 5.76 Å². The molecule has 0 bridgehead atoms. The zero-order valence-corrected chi connectivity index (χ0v) is 12.7. The number of hydrogen-bond acceptors (Lipinski definition) is 5. The molecule has 0 unspecified atom stereocenters. The van der Waals surface area contributed by atoms with Crippen LogP contribution in [0, 0.1) is 11.3 Å². The van der Waals surface area contributed by atoms with Crippen molar-refractivity contribution in [2.45, 2.75) is 6.54 Å². The van der Waals surface area contributed by atoms with Gasteiger partial charge in [-0.15, -0.1) is 0 Å². The molecular formula is C18H14N4O2. The maximum atomic E-state index is 12.3. The van der Waals surface area contributed by atoms with Crippen LogP contribution in [-0.2, 0) is 6.54 Å². The van der Waals surface area contributed by atoms with Gasteiger partial charge in [0.25, 0.3) is 5.91 Å². The second-order valence-electron chi connectivity index (χ2n) is 5.04. The number of amides is 1. The Hall–Kier alpha value is -3.59. The fourth-order valence-electron chi connectivity index (χ4n) is 2.13. The van der Waals surface area contributed by atoms with Crippen molar-refractivity contribution < 1.29 is 9.21 Å². The molecule has 6 nitrogen and oxygen atoms in total. The van der Waals surface area contributed by atoms with Crippen molar-refractivity contribution in [1.29, 1.82) is 5.26 Å². The zero-order valence-electron chi connectivity index (χ0n) is 12.7. The number of benzene rings is 1. The molecule has 24 heavy (non-hydrogen) atoms. The predicted molar refractivity (Wildman–Crippen MR) is 89.4 cm³/mol. The number of nitrogens with zero attached hydrogens (tertiary/aromatic N) is 2. The number of hydrogen-bond donors (Lipinski definition) is 2. The molecule has 0 aliphatic heterocycles. The van der Waals surface area contributed by atoms with Gasteiger partial charge in [-0.25, -0.2) is 0 Å². The van der Waals surface area contributed by atoms with Crippen LogP contribution in [0.4, 0.5) is 11.4 Å². The first-order chi connectivity index (χ1) is 11.7. The monoisotopic (exact) mass is 318 g/mol. The predicted octanol–water partition coefficient (Wildman–Crippen LogP) is 3.41. The highest BCUT2D eigenvalue weighted by Gasteiger charge is 2.08. The summed E-state index contributed by atoms with van der Waals surface area (Å²) in [5.41, 5.74) is 2.18. The van der Waals surface area contributed by atoms with E-state index in [0.29, 0.717) is 29.0 Å². The third-order valence-corrected chi connectivity index (χ3v) is 3.30. The molecule has 3 rings (SSSR count). The number of rotatable bonds is 5. The van der Waals surface area contributed by atoms with E-state index in [-0.39, 0.29) is 5.91 Å². The van der Waals surface area contributed by atoms with Gasteiger partial charge in [0.05, 0.1) is 35.7 Å². The van der Waals surface area contributed by atoms with Crippen LogP contribution in [0.5, 0.6) is 0 Å². The van der Waals surface area contributed by atoms with Gasteiger partial charge in [-0.3, -0.25) is 9.78 Å². The molecule has 0 atom stereocenters. The Balaban J connectivity index is 1.68. The van der Waals surface area contributed by atoms with Crippen LogP contribution in [0.1, 0.15) is 21.7 Å². The van der Waals surface area contributed by atoms with Gasteiger partial charge in [-0.05, 0) is 36.4 Å². The number of carbonyl (C=O) groups excluding carboxylic acids is 1. The van der Waals surface area contributed by atoms with Gasteiger partial charge in [0.1, 0.15) is 5.76 Å². The normalized spacial score (nSPS) is 9.96. The van der Waals surface area contributed by atoms with Crippen LogP contribution < -0.4 is 10.6 Å². The molecule has 2 N–H and O–H groups in total. The molecule has 0 spiro atoms. The van der Waals surface area contributed by atoms with Crippen LogP contribution >= 0.6 is 0 Å². The Labute approximate surface area is 138 Å². The van der Waals surface area contributed by atoms with E-state index in [1.165, 1.54) is 6.20 Å². The number of furan rings is 1. The zero-order chi connectivity index (χ0) is 16.8. The molecule has 1 amide bonds. The maximum absolute atomic E-state index is 12.3. The molecule has 0 aliphatic carbocycles. The van der Waals surface area contributed by atoms with Crippen molar-refractivity contribution >= 4 is 17.3 Å². The molecule has 0 fully saturated rings. The smallest absolute Gasteiger partial charge is 0.257 e. The third-order valence-electron chi connectivity index (χ3n) is 3.30. The Morgan fingerprint density at radius 3 is 2.88 bits per heavy atom. The summed E-state index contributed by atoms with van der Waals surface area (Å²) in [6.45, 7) is 0.504. The molecule has 6 heteroatoms. The minimum absolute atomic E-state index is 0.292. The molecule has 1 aromatic carbocycles. The number of anilines is 2. The van der Waals surface area contributed by atoms with Gasteiger partial charge in [-0.2, -0.15) is 5.26 Å². The van der Waals surface area contributed by atoms with E-state index >= 15 is 0 Å². The molecule has 0 radical (unpaired) electrons. The van der Waals surface area contributed by atoms with Gasteiger partial charge in [0, 0.05) is 18.1 Å². The van der Waals surface area contributed by atoms with Crippen LogP contribution in [0.25, 0.3) is 0 Å². The first-order valence-corrected chi connectivity index (χ1v) is 7.27. The Kier molecular flexibility index (Phi) is 4.54. The minimum atomic E-state index is -0.292. The highest BCUT2D eigenvalue weighted by atomic mass is 16.3. The summed E-state index contributed by atoms with van der Waals surface area (Å²) >= 11 is 0. The van der Waals surface area contributed by atoms with Crippen LogP contribution in [0.2, 0.25) is 0 Å². The number of nitriles is 1. The van der Waals surface area contributed by atoms with Gasteiger partial charge in [-0.1, -0.05) is 6.07 Å². The van der Waals surface area contributed by atoms with Gasteiger partial charge >= 0.3 is 0 Å². The Morgan fingerprint density at radius 1 is 1.17 bits per heavy atom. The number of nitrogens with one attached hydrogen (secondary N) is 2. The second-order valence-corrected chi connectivity index (χ2v) is 5.04. The van der Waals surface area contributed by atoms with Gasteiger partial charge in [0.2, 0.25) is 0 Å². The number of aromatic nitrogens is 1.